The van der Waals surface area contributed by atoms with Crippen molar-refractivity contribution in [2.75, 3.05) is 33.2 Å². The average molecular weight is 396 g/mol. The second-order valence-electron chi connectivity index (χ2n) is 6.76. The minimum absolute atomic E-state index is 0.0252. The molecule has 1 saturated heterocycles. The van der Waals surface area contributed by atoms with Gasteiger partial charge in [-0.3, -0.25) is 9.59 Å². The predicted molar refractivity (Wildman–Crippen MR) is 98.9 cm³/mol. The molecule has 1 aromatic rings. The Bertz CT molecular complexity index is 583. The summed E-state index contributed by atoms with van der Waals surface area (Å²) in [5.41, 5.74) is 0.553. The maximum absolute atomic E-state index is 12.9. The third kappa shape index (κ3) is 5.05. The molecule has 0 saturated carbocycles. The van der Waals surface area contributed by atoms with E-state index in [1.54, 1.807) is 6.07 Å². The van der Waals surface area contributed by atoms with E-state index < -0.39 is 6.04 Å². The van der Waals surface area contributed by atoms with Gasteiger partial charge < -0.3 is 15.1 Å². The largest absolute Gasteiger partial charge is 0.340 e. The summed E-state index contributed by atoms with van der Waals surface area (Å²) in [6.07, 6.45) is 0.640. The van der Waals surface area contributed by atoms with Crippen LogP contribution >= 0.6 is 15.9 Å². The van der Waals surface area contributed by atoms with Gasteiger partial charge in [0.1, 0.15) is 6.04 Å². The van der Waals surface area contributed by atoms with Gasteiger partial charge in [0.15, 0.2) is 0 Å². The van der Waals surface area contributed by atoms with Gasteiger partial charge in [0.2, 0.25) is 5.91 Å². The van der Waals surface area contributed by atoms with Crippen molar-refractivity contribution in [1.29, 1.82) is 0 Å². The van der Waals surface area contributed by atoms with Gasteiger partial charge in [-0.15, -0.1) is 0 Å². The molecule has 0 spiro atoms. The Morgan fingerprint density at radius 2 is 1.79 bits per heavy atom. The Morgan fingerprint density at radius 1 is 1.17 bits per heavy atom. The van der Waals surface area contributed by atoms with Crippen LogP contribution in [0.2, 0.25) is 0 Å². The molecule has 2 rings (SSSR count). The molecule has 1 aliphatic rings. The lowest BCUT2D eigenvalue weighted by Gasteiger charge is -2.35. The number of halogens is 1. The van der Waals surface area contributed by atoms with E-state index in [4.69, 9.17) is 0 Å². The number of nitrogens with zero attached hydrogens (tertiary/aromatic N) is 2. The van der Waals surface area contributed by atoms with Gasteiger partial charge in [-0.25, -0.2) is 0 Å². The molecule has 24 heavy (non-hydrogen) atoms. The topological polar surface area (TPSA) is 52.7 Å². The Kier molecular flexibility index (Phi) is 6.80. The fourth-order valence-electron chi connectivity index (χ4n) is 2.82. The van der Waals surface area contributed by atoms with Crippen LogP contribution in [-0.2, 0) is 4.79 Å². The van der Waals surface area contributed by atoms with Gasteiger partial charge in [0.05, 0.1) is 5.56 Å². The van der Waals surface area contributed by atoms with E-state index >= 15 is 0 Å². The first-order valence-corrected chi connectivity index (χ1v) is 9.20. The molecule has 0 aliphatic carbocycles. The van der Waals surface area contributed by atoms with Crippen LogP contribution in [0, 0.1) is 5.92 Å². The van der Waals surface area contributed by atoms with Crippen molar-refractivity contribution in [3.8, 4) is 0 Å². The third-order valence-electron chi connectivity index (χ3n) is 4.24. The number of nitrogens with one attached hydrogen (secondary N) is 1. The number of piperazine rings is 1. The number of carbonyl (C=O) groups excluding carboxylic acids is 2. The zero-order valence-electron chi connectivity index (χ0n) is 14.6. The van der Waals surface area contributed by atoms with Crippen molar-refractivity contribution in [1.82, 2.24) is 15.1 Å². The van der Waals surface area contributed by atoms with Crippen LogP contribution in [0.5, 0.6) is 0 Å². The fraction of sp³-hybridized carbons (Fsp3) is 0.556. The first kappa shape index (κ1) is 18.9. The summed E-state index contributed by atoms with van der Waals surface area (Å²) >= 11 is 3.40. The Balaban J connectivity index is 2.09. The molecule has 1 heterocycles. The van der Waals surface area contributed by atoms with E-state index in [2.05, 4.69) is 47.0 Å². The van der Waals surface area contributed by atoms with E-state index in [-0.39, 0.29) is 11.8 Å². The summed E-state index contributed by atoms with van der Waals surface area (Å²) in [4.78, 5) is 29.5. The molecule has 1 aromatic carbocycles. The van der Waals surface area contributed by atoms with Gasteiger partial charge in [0, 0.05) is 30.7 Å². The van der Waals surface area contributed by atoms with E-state index in [0.717, 1.165) is 30.7 Å². The van der Waals surface area contributed by atoms with Crippen molar-refractivity contribution < 1.29 is 9.59 Å². The number of carbonyl (C=O) groups is 2. The minimum atomic E-state index is -0.479. The molecule has 2 amide bonds. The highest BCUT2D eigenvalue weighted by atomic mass is 79.9. The van der Waals surface area contributed by atoms with Gasteiger partial charge in [0.25, 0.3) is 5.91 Å². The molecule has 1 N–H and O–H groups in total. The summed E-state index contributed by atoms with van der Waals surface area (Å²) in [5.74, 6) is 0.138. The lowest BCUT2D eigenvalue weighted by Crippen LogP contribution is -2.54. The maximum Gasteiger partial charge on any atom is 0.253 e. The van der Waals surface area contributed by atoms with Gasteiger partial charge >= 0.3 is 0 Å². The summed E-state index contributed by atoms with van der Waals surface area (Å²) < 4.78 is 0.734. The van der Waals surface area contributed by atoms with Crippen molar-refractivity contribution in [2.24, 2.45) is 5.92 Å². The first-order valence-electron chi connectivity index (χ1n) is 8.41. The highest BCUT2D eigenvalue weighted by Crippen LogP contribution is 2.17. The Hall–Kier alpha value is -1.40. The molecule has 132 valence electrons. The number of rotatable bonds is 5. The third-order valence-corrected chi connectivity index (χ3v) is 4.94. The molecule has 0 bridgehead atoms. The van der Waals surface area contributed by atoms with Crippen LogP contribution in [0.25, 0.3) is 0 Å². The first-order chi connectivity index (χ1) is 11.4. The van der Waals surface area contributed by atoms with E-state index in [1.165, 1.54) is 0 Å². The van der Waals surface area contributed by atoms with E-state index in [0.29, 0.717) is 17.9 Å². The Labute approximate surface area is 152 Å². The molecule has 6 heteroatoms. The number of likely N-dealkylation sites (N-methyl/N-ethyl adjacent to an activating group) is 1. The molecule has 1 aliphatic heterocycles. The molecule has 1 fully saturated rings. The summed E-state index contributed by atoms with van der Waals surface area (Å²) in [6, 6.07) is 6.79. The molecule has 0 radical (unpaired) electrons. The summed E-state index contributed by atoms with van der Waals surface area (Å²) in [6.45, 7) is 7.31. The minimum Gasteiger partial charge on any atom is -0.340 e. The van der Waals surface area contributed by atoms with Gasteiger partial charge in [-0.05, 0) is 47.4 Å². The van der Waals surface area contributed by atoms with E-state index in [9.17, 15) is 9.59 Å². The number of benzene rings is 1. The molecular formula is C18H26BrN3O2. The normalized spacial score (nSPS) is 17.0. The number of amides is 2. The lowest BCUT2D eigenvalue weighted by atomic mass is 10.0. The lowest BCUT2D eigenvalue weighted by molar-refractivity contribution is -0.135. The standard InChI is InChI=1S/C18H26BrN3O2/c1-13(2)12-16(18(24)22-10-8-21(3)9-11-22)20-17(23)14-6-4-5-7-15(14)19/h4-7,13,16H,8-12H2,1-3H3,(H,20,23)/t16-/m0/s1. The van der Waals surface area contributed by atoms with Crippen molar-refractivity contribution in [3.63, 3.8) is 0 Å². The monoisotopic (exact) mass is 395 g/mol. The fourth-order valence-corrected chi connectivity index (χ4v) is 3.29. The van der Waals surface area contributed by atoms with Crippen LogP contribution in [0.4, 0.5) is 0 Å². The second-order valence-corrected chi connectivity index (χ2v) is 7.62. The van der Waals surface area contributed by atoms with Crippen molar-refractivity contribution in [3.05, 3.63) is 34.3 Å². The van der Waals surface area contributed by atoms with Crippen LogP contribution < -0.4 is 5.32 Å². The van der Waals surface area contributed by atoms with E-state index in [1.807, 2.05) is 23.1 Å². The molecule has 0 aromatic heterocycles. The zero-order valence-corrected chi connectivity index (χ0v) is 16.2. The SMILES string of the molecule is CC(C)C[C@H](NC(=O)c1ccccc1Br)C(=O)N1CCN(C)CC1. The van der Waals surface area contributed by atoms with Crippen molar-refractivity contribution >= 4 is 27.7 Å². The highest BCUT2D eigenvalue weighted by molar-refractivity contribution is 9.10. The van der Waals surface area contributed by atoms with Gasteiger partial charge in [-0.1, -0.05) is 26.0 Å². The molecular weight excluding hydrogens is 370 g/mol. The smallest absolute Gasteiger partial charge is 0.253 e. The van der Waals surface area contributed by atoms with Crippen LogP contribution in [0.3, 0.4) is 0 Å². The van der Waals surface area contributed by atoms with Gasteiger partial charge in [-0.2, -0.15) is 0 Å². The number of hydrogen-bond acceptors (Lipinski definition) is 3. The Morgan fingerprint density at radius 3 is 2.38 bits per heavy atom. The zero-order chi connectivity index (χ0) is 17.7. The predicted octanol–water partition coefficient (Wildman–Crippen LogP) is 2.37. The van der Waals surface area contributed by atoms with Crippen LogP contribution in [0.15, 0.2) is 28.7 Å². The average Bonchev–Trinajstić information content (AvgIpc) is 2.54. The maximum atomic E-state index is 12.9. The summed E-state index contributed by atoms with van der Waals surface area (Å²) in [5, 5.41) is 2.94. The molecule has 1 atom stereocenters. The molecule has 5 nitrogen and oxygen atoms in total. The quantitative estimate of drug-likeness (QED) is 0.832. The van der Waals surface area contributed by atoms with Crippen LogP contribution in [-0.4, -0.2) is 60.9 Å². The second kappa shape index (κ2) is 8.62. The van der Waals surface area contributed by atoms with Crippen molar-refractivity contribution in [2.45, 2.75) is 26.3 Å². The summed E-state index contributed by atoms with van der Waals surface area (Å²) in [7, 11) is 2.06. The number of hydrogen-bond donors (Lipinski definition) is 1. The highest BCUT2D eigenvalue weighted by Gasteiger charge is 2.29. The van der Waals surface area contributed by atoms with Crippen LogP contribution in [0.1, 0.15) is 30.6 Å². The molecule has 0 unspecified atom stereocenters.